The van der Waals surface area contributed by atoms with Gasteiger partial charge in [-0.1, -0.05) is 37.3 Å². The molecule has 0 amide bonds. The first-order valence-electron chi connectivity index (χ1n) is 4.00. The summed E-state index contributed by atoms with van der Waals surface area (Å²) in [6, 6.07) is 7.75. The number of carbonyl (C=O) groups excluding carboxylic acids is 1. The lowest BCUT2D eigenvalue weighted by atomic mass is 9.98. The molecule has 1 rings (SSSR count). The number of hydrogen-bond acceptors (Lipinski definition) is 1. The van der Waals surface area contributed by atoms with Crippen LogP contribution in [0.15, 0.2) is 30.3 Å². The number of benzene rings is 1. The molecule has 1 nitrogen and oxygen atoms in total. The highest BCUT2D eigenvalue weighted by Crippen LogP contribution is 2.20. The van der Waals surface area contributed by atoms with Gasteiger partial charge in [-0.2, -0.15) is 4.39 Å². The van der Waals surface area contributed by atoms with E-state index < -0.39 is 12.0 Å². The molecular formula is C10H11FO. The largest absolute Gasteiger partial charge is 0.308 e. The quantitative estimate of drug-likeness (QED) is 0.631. The Kier molecular flexibility index (Phi) is 2.97. The maximum absolute atomic E-state index is 12.4. The minimum absolute atomic E-state index is 0.513. The van der Waals surface area contributed by atoms with Crippen LogP contribution in [0.4, 0.5) is 4.39 Å². The van der Waals surface area contributed by atoms with Crippen LogP contribution in [0.2, 0.25) is 0 Å². The Bertz CT molecular complexity index is 256. The van der Waals surface area contributed by atoms with E-state index in [4.69, 9.17) is 0 Å². The molecule has 1 unspecified atom stereocenters. The van der Waals surface area contributed by atoms with Crippen molar-refractivity contribution in [2.75, 3.05) is 0 Å². The van der Waals surface area contributed by atoms with Crippen LogP contribution in [0, 0.1) is 0 Å². The summed E-state index contributed by atoms with van der Waals surface area (Å²) in [6.45, 7) is 1.80. The molecule has 64 valence electrons. The van der Waals surface area contributed by atoms with Crippen molar-refractivity contribution in [3.63, 3.8) is 0 Å². The monoisotopic (exact) mass is 166 g/mol. The molecule has 0 aliphatic carbocycles. The van der Waals surface area contributed by atoms with Crippen LogP contribution < -0.4 is 0 Å². The van der Waals surface area contributed by atoms with Crippen LogP contribution in [0.3, 0.4) is 0 Å². The molecule has 2 heteroatoms. The van der Waals surface area contributed by atoms with Gasteiger partial charge in [-0.05, 0) is 12.0 Å². The zero-order chi connectivity index (χ0) is 8.97. The molecule has 0 saturated carbocycles. The van der Waals surface area contributed by atoms with Gasteiger partial charge in [-0.25, -0.2) is 0 Å². The minimum Gasteiger partial charge on any atom is -0.260 e. The van der Waals surface area contributed by atoms with Crippen LogP contribution in [0.1, 0.15) is 24.8 Å². The molecule has 0 radical (unpaired) electrons. The van der Waals surface area contributed by atoms with Gasteiger partial charge < -0.3 is 0 Å². The minimum atomic E-state index is -1.25. The smallest absolute Gasteiger partial charge is 0.260 e. The van der Waals surface area contributed by atoms with Gasteiger partial charge in [0, 0.05) is 0 Å². The van der Waals surface area contributed by atoms with Crippen molar-refractivity contribution in [2.24, 2.45) is 0 Å². The summed E-state index contributed by atoms with van der Waals surface area (Å²) >= 11 is 0. The lowest BCUT2D eigenvalue weighted by molar-refractivity contribution is -0.130. The van der Waals surface area contributed by atoms with Gasteiger partial charge in [0.2, 0.25) is 0 Å². The van der Waals surface area contributed by atoms with E-state index in [0.717, 1.165) is 5.56 Å². The molecule has 12 heavy (non-hydrogen) atoms. The van der Waals surface area contributed by atoms with E-state index in [-0.39, 0.29) is 0 Å². The number of hydrogen-bond donors (Lipinski definition) is 0. The summed E-state index contributed by atoms with van der Waals surface area (Å²) in [4.78, 5) is 10.5. The molecule has 0 bridgehead atoms. The zero-order valence-corrected chi connectivity index (χ0v) is 6.96. The van der Waals surface area contributed by atoms with Gasteiger partial charge in [0.05, 0.1) is 5.92 Å². The summed E-state index contributed by atoms with van der Waals surface area (Å²) in [6.07, 6.45) is 0.513. The van der Waals surface area contributed by atoms with Crippen molar-refractivity contribution in [3.05, 3.63) is 35.9 Å². The molecule has 0 aliphatic rings. The fraction of sp³-hybridized carbons (Fsp3) is 0.300. The van der Waals surface area contributed by atoms with E-state index in [1.165, 1.54) is 0 Å². The maximum Gasteiger partial charge on any atom is 0.308 e. The third-order valence-electron chi connectivity index (χ3n) is 1.88. The second-order valence-corrected chi connectivity index (χ2v) is 2.68. The SMILES string of the molecule is CCC(C(=O)F)c1ccccc1. The third kappa shape index (κ3) is 1.91. The van der Waals surface area contributed by atoms with Gasteiger partial charge in [0.15, 0.2) is 0 Å². The van der Waals surface area contributed by atoms with E-state index in [0.29, 0.717) is 6.42 Å². The Hall–Kier alpha value is -1.18. The first-order chi connectivity index (χ1) is 5.75. The van der Waals surface area contributed by atoms with Gasteiger partial charge in [0.1, 0.15) is 0 Å². The third-order valence-corrected chi connectivity index (χ3v) is 1.88. The highest BCUT2D eigenvalue weighted by atomic mass is 19.1. The van der Waals surface area contributed by atoms with Crippen molar-refractivity contribution < 1.29 is 9.18 Å². The van der Waals surface area contributed by atoms with E-state index in [1.54, 1.807) is 31.2 Å². The predicted octanol–water partition coefficient (Wildman–Crippen LogP) is 2.68. The molecule has 1 aromatic rings. The van der Waals surface area contributed by atoms with Crippen LogP contribution in [-0.2, 0) is 4.79 Å². The molecule has 0 N–H and O–H groups in total. The van der Waals surface area contributed by atoms with E-state index in [2.05, 4.69) is 0 Å². The van der Waals surface area contributed by atoms with Crippen LogP contribution in [0.25, 0.3) is 0 Å². The Labute approximate surface area is 71.2 Å². The molecule has 0 fully saturated rings. The normalized spacial score (nSPS) is 12.5. The fourth-order valence-electron chi connectivity index (χ4n) is 1.21. The van der Waals surface area contributed by atoms with Gasteiger partial charge >= 0.3 is 6.04 Å². The molecule has 0 aromatic heterocycles. The number of carbonyl (C=O) groups is 1. The Morgan fingerprint density at radius 1 is 1.42 bits per heavy atom. The van der Waals surface area contributed by atoms with E-state index >= 15 is 0 Å². The maximum atomic E-state index is 12.4. The van der Waals surface area contributed by atoms with Crippen molar-refractivity contribution in [3.8, 4) is 0 Å². The summed E-state index contributed by atoms with van der Waals surface area (Å²) in [5.41, 5.74) is 0.757. The van der Waals surface area contributed by atoms with Crippen molar-refractivity contribution in [2.45, 2.75) is 19.3 Å². The molecular weight excluding hydrogens is 155 g/mol. The molecule has 1 aromatic carbocycles. The second-order valence-electron chi connectivity index (χ2n) is 2.68. The molecule has 0 aliphatic heterocycles. The number of halogens is 1. The number of rotatable bonds is 3. The topological polar surface area (TPSA) is 17.1 Å². The predicted molar refractivity (Wildman–Crippen MR) is 45.6 cm³/mol. The van der Waals surface area contributed by atoms with Crippen LogP contribution in [-0.4, -0.2) is 6.04 Å². The summed E-state index contributed by atoms with van der Waals surface area (Å²) in [7, 11) is 0. The first-order valence-corrected chi connectivity index (χ1v) is 4.00. The summed E-state index contributed by atoms with van der Waals surface area (Å²) in [5, 5.41) is 0. The lowest BCUT2D eigenvalue weighted by Gasteiger charge is -2.07. The Balaban J connectivity index is 2.88. The van der Waals surface area contributed by atoms with E-state index in [9.17, 15) is 9.18 Å². The standard InChI is InChI=1S/C10H11FO/c1-2-9(10(11)12)8-6-4-3-5-7-8/h3-7,9H,2H2,1H3. The molecule has 1 atom stereocenters. The van der Waals surface area contributed by atoms with Crippen molar-refractivity contribution >= 4 is 6.04 Å². The fourth-order valence-corrected chi connectivity index (χ4v) is 1.21. The van der Waals surface area contributed by atoms with Gasteiger partial charge in [0.25, 0.3) is 0 Å². The second kappa shape index (κ2) is 4.00. The summed E-state index contributed by atoms with van der Waals surface area (Å²) in [5.74, 6) is -0.578. The Morgan fingerprint density at radius 3 is 2.42 bits per heavy atom. The average Bonchev–Trinajstić information content (AvgIpc) is 2.07. The first kappa shape index (κ1) is 8.91. The van der Waals surface area contributed by atoms with Gasteiger partial charge in [-0.15, -0.1) is 0 Å². The van der Waals surface area contributed by atoms with E-state index in [1.807, 2.05) is 6.07 Å². The highest BCUT2D eigenvalue weighted by molar-refractivity contribution is 5.76. The Morgan fingerprint density at radius 2 is 2.00 bits per heavy atom. The van der Waals surface area contributed by atoms with Crippen LogP contribution >= 0.6 is 0 Å². The van der Waals surface area contributed by atoms with Gasteiger partial charge in [-0.3, -0.25) is 4.79 Å². The summed E-state index contributed by atoms with van der Waals surface area (Å²) < 4.78 is 12.4. The molecule has 0 heterocycles. The van der Waals surface area contributed by atoms with Crippen LogP contribution in [0.5, 0.6) is 0 Å². The van der Waals surface area contributed by atoms with Crippen molar-refractivity contribution in [1.29, 1.82) is 0 Å². The van der Waals surface area contributed by atoms with Crippen molar-refractivity contribution in [1.82, 2.24) is 0 Å². The zero-order valence-electron chi connectivity index (χ0n) is 6.96. The highest BCUT2D eigenvalue weighted by Gasteiger charge is 2.16. The molecule has 0 spiro atoms. The average molecular weight is 166 g/mol. The molecule has 0 saturated heterocycles. The lowest BCUT2D eigenvalue weighted by Crippen LogP contribution is -2.05.